The Morgan fingerprint density at radius 1 is 1.14 bits per heavy atom. The molecular weight excluding hydrogens is 438 g/mol. The Morgan fingerprint density at radius 3 is 2.80 bits per heavy atom. The second-order valence-electron chi connectivity index (χ2n) is 11.0. The van der Waals surface area contributed by atoms with Gasteiger partial charge in [-0.2, -0.15) is 0 Å². The van der Waals surface area contributed by atoms with Gasteiger partial charge in [-0.3, -0.25) is 4.79 Å². The van der Waals surface area contributed by atoms with Crippen LogP contribution in [0.15, 0.2) is 36.5 Å². The zero-order valence-corrected chi connectivity index (χ0v) is 21.0. The molecule has 5 rings (SSSR count). The predicted molar refractivity (Wildman–Crippen MR) is 137 cm³/mol. The fourth-order valence-electron chi connectivity index (χ4n) is 5.78. The third-order valence-corrected chi connectivity index (χ3v) is 7.95. The van der Waals surface area contributed by atoms with Gasteiger partial charge in [0.2, 0.25) is 0 Å². The van der Waals surface area contributed by atoms with Crippen molar-refractivity contribution in [1.82, 2.24) is 15.6 Å². The van der Waals surface area contributed by atoms with Gasteiger partial charge in [0.1, 0.15) is 18.1 Å². The monoisotopic (exact) mass is 477 g/mol. The van der Waals surface area contributed by atoms with Crippen LogP contribution in [0, 0.1) is 5.41 Å². The Hall–Kier alpha value is -2.44. The highest BCUT2D eigenvalue weighted by atomic mass is 16.5. The van der Waals surface area contributed by atoms with E-state index in [0.717, 1.165) is 51.8 Å². The van der Waals surface area contributed by atoms with Crippen LogP contribution in [-0.4, -0.2) is 42.8 Å². The third-order valence-electron chi connectivity index (χ3n) is 7.95. The van der Waals surface area contributed by atoms with Crippen molar-refractivity contribution in [3.8, 4) is 5.75 Å². The molecule has 35 heavy (non-hydrogen) atoms. The lowest BCUT2D eigenvalue weighted by Gasteiger charge is -2.26. The van der Waals surface area contributed by atoms with E-state index >= 15 is 0 Å². The molecule has 188 valence electrons. The molecule has 1 aromatic carbocycles. The quantitative estimate of drug-likeness (QED) is 0.552. The van der Waals surface area contributed by atoms with E-state index in [2.05, 4.69) is 40.7 Å². The van der Waals surface area contributed by atoms with Crippen molar-refractivity contribution in [1.29, 1.82) is 0 Å². The number of hydrogen-bond acceptors (Lipinski definition) is 5. The number of ether oxygens (including phenoxy) is 2. The SMILES string of the molecule is CC1(CNCc2ccc3c(c2)CC[C@H](NC(=O)c2ccc(OC[C@@H]4CCCO4)cn2)C3)CCCC1. The zero-order chi connectivity index (χ0) is 24.1. The van der Waals surface area contributed by atoms with Crippen molar-refractivity contribution in [2.24, 2.45) is 5.41 Å². The van der Waals surface area contributed by atoms with Crippen molar-refractivity contribution in [2.75, 3.05) is 19.8 Å². The number of aryl methyl sites for hydroxylation is 1. The fraction of sp³-hybridized carbons (Fsp3) is 0.586. The summed E-state index contributed by atoms with van der Waals surface area (Å²) in [6.45, 7) is 5.80. The lowest BCUT2D eigenvalue weighted by molar-refractivity contribution is 0.0678. The summed E-state index contributed by atoms with van der Waals surface area (Å²) in [5, 5.41) is 6.87. The van der Waals surface area contributed by atoms with E-state index in [1.807, 2.05) is 6.07 Å². The molecule has 1 amide bonds. The number of rotatable bonds is 9. The van der Waals surface area contributed by atoms with Gasteiger partial charge in [0.25, 0.3) is 5.91 Å². The van der Waals surface area contributed by atoms with E-state index in [-0.39, 0.29) is 18.1 Å². The number of nitrogens with one attached hydrogen (secondary N) is 2. The Balaban J connectivity index is 1.08. The van der Waals surface area contributed by atoms with Crippen LogP contribution in [-0.2, 0) is 24.1 Å². The average molecular weight is 478 g/mol. The number of aromatic nitrogens is 1. The number of fused-ring (bicyclic) bond motifs is 1. The number of amides is 1. The standard InChI is InChI=1S/C29H39N3O3/c1-29(12-2-3-13-29)20-30-17-21-6-7-23-16-24(9-8-22(23)15-21)32-28(33)27-11-10-25(18-31-27)35-19-26-5-4-14-34-26/h6-7,10-11,15,18,24,26,30H,2-5,8-9,12-14,16-17,19-20H2,1H3,(H,32,33)/t24-,26-/m0/s1. The van der Waals surface area contributed by atoms with Crippen LogP contribution in [0.25, 0.3) is 0 Å². The maximum absolute atomic E-state index is 12.8. The third kappa shape index (κ3) is 6.42. The van der Waals surface area contributed by atoms with Crippen LogP contribution in [0.1, 0.15) is 79.0 Å². The molecule has 1 saturated heterocycles. The summed E-state index contributed by atoms with van der Waals surface area (Å²) < 4.78 is 11.3. The first-order valence-electron chi connectivity index (χ1n) is 13.4. The van der Waals surface area contributed by atoms with Gasteiger partial charge in [-0.1, -0.05) is 38.0 Å². The van der Waals surface area contributed by atoms with Crippen LogP contribution >= 0.6 is 0 Å². The largest absolute Gasteiger partial charge is 0.489 e. The molecule has 0 bridgehead atoms. The molecule has 0 unspecified atom stereocenters. The van der Waals surface area contributed by atoms with E-state index in [1.165, 1.54) is 42.4 Å². The van der Waals surface area contributed by atoms with Crippen LogP contribution < -0.4 is 15.4 Å². The zero-order valence-electron chi connectivity index (χ0n) is 21.0. The molecule has 1 saturated carbocycles. The van der Waals surface area contributed by atoms with Crippen LogP contribution in [0.3, 0.4) is 0 Å². The minimum Gasteiger partial charge on any atom is -0.489 e. The first-order valence-corrected chi connectivity index (χ1v) is 13.4. The molecule has 0 radical (unpaired) electrons. The lowest BCUT2D eigenvalue weighted by Crippen LogP contribution is -2.39. The molecule has 2 aliphatic carbocycles. The molecular formula is C29H39N3O3. The summed E-state index contributed by atoms with van der Waals surface area (Å²) in [5.74, 6) is 0.552. The molecule has 3 aliphatic rings. The highest BCUT2D eigenvalue weighted by Gasteiger charge is 2.28. The molecule has 1 aromatic heterocycles. The van der Waals surface area contributed by atoms with Crippen molar-refractivity contribution >= 4 is 5.91 Å². The summed E-state index contributed by atoms with van der Waals surface area (Å²) in [6, 6.07) is 10.5. The van der Waals surface area contributed by atoms with Gasteiger partial charge in [0, 0.05) is 25.7 Å². The Labute approximate surface area is 209 Å². The maximum Gasteiger partial charge on any atom is 0.270 e. The van der Waals surface area contributed by atoms with Gasteiger partial charge in [0.05, 0.1) is 12.3 Å². The number of hydrogen-bond donors (Lipinski definition) is 2. The summed E-state index contributed by atoms with van der Waals surface area (Å²) >= 11 is 0. The van der Waals surface area contributed by atoms with Gasteiger partial charge in [-0.25, -0.2) is 4.98 Å². The minimum absolute atomic E-state index is 0.120. The highest BCUT2D eigenvalue weighted by Crippen LogP contribution is 2.36. The van der Waals surface area contributed by atoms with E-state index < -0.39 is 0 Å². The maximum atomic E-state index is 12.8. The number of carbonyl (C=O) groups excluding carboxylic acids is 1. The molecule has 2 heterocycles. The highest BCUT2D eigenvalue weighted by molar-refractivity contribution is 5.92. The van der Waals surface area contributed by atoms with Gasteiger partial charge in [-0.05, 0) is 79.2 Å². The van der Waals surface area contributed by atoms with E-state index in [0.29, 0.717) is 23.5 Å². The van der Waals surface area contributed by atoms with E-state index in [1.54, 1.807) is 12.3 Å². The van der Waals surface area contributed by atoms with Crippen molar-refractivity contribution in [3.05, 3.63) is 58.9 Å². The summed E-state index contributed by atoms with van der Waals surface area (Å²) in [5.41, 5.74) is 5.04. The summed E-state index contributed by atoms with van der Waals surface area (Å²) in [7, 11) is 0. The Kier molecular flexibility index (Phi) is 7.69. The van der Waals surface area contributed by atoms with Crippen LogP contribution in [0.4, 0.5) is 0 Å². The van der Waals surface area contributed by atoms with Crippen LogP contribution in [0.5, 0.6) is 5.75 Å². The summed E-state index contributed by atoms with van der Waals surface area (Å²) in [4.78, 5) is 17.1. The first-order chi connectivity index (χ1) is 17.1. The van der Waals surface area contributed by atoms with Crippen molar-refractivity contribution in [2.45, 2.75) is 83.4 Å². The number of benzene rings is 1. The molecule has 2 aromatic rings. The molecule has 2 N–H and O–H groups in total. The molecule has 1 aliphatic heterocycles. The van der Waals surface area contributed by atoms with E-state index in [9.17, 15) is 4.79 Å². The molecule has 0 spiro atoms. The van der Waals surface area contributed by atoms with Gasteiger partial charge in [0.15, 0.2) is 0 Å². The molecule has 2 atom stereocenters. The lowest BCUT2D eigenvalue weighted by atomic mass is 9.87. The van der Waals surface area contributed by atoms with Crippen molar-refractivity contribution in [3.63, 3.8) is 0 Å². The fourth-order valence-corrected chi connectivity index (χ4v) is 5.78. The Morgan fingerprint density at radius 2 is 2.03 bits per heavy atom. The first kappa shape index (κ1) is 24.3. The number of nitrogens with zero attached hydrogens (tertiary/aromatic N) is 1. The second-order valence-corrected chi connectivity index (χ2v) is 11.0. The van der Waals surface area contributed by atoms with Crippen molar-refractivity contribution < 1.29 is 14.3 Å². The Bertz CT molecular complexity index is 995. The van der Waals surface area contributed by atoms with Gasteiger partial charge in [-0.15, -0.1) is 0 Å². The molecule has 6 nitrogen and oxygen atoms in total. The van der Waals surface area contributed by atoms with Gasteiger partial charge >= 0.3 is 0 Å². The normalized spacial score (nSPS) is 23.1. The number of pyridine rings is 1. The predicted octanol–water partition coefficient (Wildman–Crippen LogP) is 4.60. The minimum atomic E-state index is -0.120. The summed E-state index contributed by atoms with van der Waals surface area (Å²) in [6.07, 6.45) is 12.2. The topological polar surface area (TPSA) is 72.5 Å². The smallest absolute Gasteiger partial charge is 0.270 e. The number of carbonyl (C=O) groups is 1. The second kappa shape index (κ2) is 11.1. The molecule has 6 heteroatoms. The van der Waals surface area contributed by atoms with Gasteiger partial charge < -0.3 is 20.1 Å². The van der Waals surface area contributed by atoms with E-state index in [4.69, 9.17) is 9.47 Å². The molecule has 2 fully saturated rings. The van der Waals surface area contributed by atoms with Crippen LogP contribution in [0.2, 0.25) is 0 Å². The average Bonchev–Trinajstić information content (AvgIpc) is 3.55.